The molecule has 0 radical (unpaired) electrons. The molecule has 0 spiro atoms. The van der Waals surface area contributed by atoms with Gasteiger partial charge in [0.1, 0.15) is 5.00 Å². The van der Waals surface area contributed by atoms with Crippen molar-refractivity contribution in [1.82, 2.24) is 14.8 Å². The molecule has 35 heavy (non-hydrogen) atoms. The third-order valence-corrected chi connectivity index (χ3v) is 9.08. The average Bonchev–Trinajstić information content (AvgIpc) is 3.54. The maximum atomic E-state index is 12.9. The molecule has 3 heterocycles. The standard InChI is InChI=1S/C25H30N4O3S3/c1-5-10-29-22(16-12-17(6-2)33-13-16)27-28-25(29)34-14-20(30)26-23-21(24(31)32-7-3)18-9-8-15(4)11-19(18)35-23/h5,12-13,15H,1,6-11,14H2,2-4H3,(H,26,30). The number of nitrogens with one attached hydrogen (secondary N) is 1. The van der Waals surface area contributed by atoms with Gasteiger partial charge in [0.2, 0.25) is 5.91 Å². The lowest BCUT2D eigenvalue weighted by Gasteiger charge is -2.18. The lowest BCUT2D eigenvalue weighted by atomic mass is 9.88. The average molecular weight is 531 g/mol. The molecule has 0 aromatic carbocycles. The third-order valence-electron chi connectivity index (χ3n) is 5.87. The molecule has 1 amide bonds. The molecule has 3 aromatic heterocycles. The topological polar surface area (TPSA) is 86.1 Å². The number of carbonyl (C=O) groups excluding carboxylic acids is 2. The number of esters is 1. The Balaban J connectivity index is 1.50. The minimum Gasteiger partial charge on any atom is -0.462 e. The van der Waals surface area contributed by atoms with Crippen molar-refractivity contribution in [3.05, 3.63) is 45.0 Å². The van der Waals surface area contributed by atoms with Crippen molar-refractivity contribution in [2.45, 2.75) is 58.2 Å². The van der Waals surface area contributed by atoms with E-state index in [9.17, 15) is 9.59 Å². The molecule has 0 saturated heterocycles. The van der Waals surface area contributed by atoms with Crippen LogP contribution in [0.1, 0.15) is 52.9 Å². The first kappa shape index (κ1) is 25.7. The first-order chi connectivity index (χ1) is 16.9. The molecule has 186 valence electrons. The number of nitrogens with zero attached hydrogens (tertiary/aromatic N) is 3. The highest BCUT2D eigenvalue weighted by atomic mass is 32.2. The van der Waals surface area contributed by atoms with Gasteiger partial charge in [-0.1, -0.05) is 31.7 Å². The van der Waals surface area contributed by atoms with Crippen molar-refractivity contribution >= 4 is 51.3 Å². The first-order valence-corrected chi connectivity index (χ1v) is 14.5. The fourth-order valence-corrected chi connectivity index (χ4v) is 7.11. The van der Waals surface area contributed by atoms with Crippen LogP contribution in [0.15, 0.2) is 29.3 Å². The Morgan fingerprint density at radius 3 is 2.91 bits per heavy atom. The van der Waals surface area contributed by atoms with Crippen molar-refractivity contribution in [2.75, 3.05) is 17.7 Å². The van der Waals surface area contributed by atoms with Gasteiger partial charge in [-0.25, -0.2) is 4.79 Å². The monoisotopic (exact) mass is 530 g/mol. The summed E-state index contributed by atoms with van der Waals surface area (Å²) in [5.74, 6) is 0.942. The Bertz CT molecular complexity index is 1230. The van der Waals surface area contributed by atoms with Crippen LogP contribution in [0, 0.1) is 5.92 Å². The van der Waals surface area contributed by atoms with Gasteiger partial charge in [0.05, 0.1) is 17.9 Å². The molecule has 10 heteroatoms. The first-order valence-electron chi connectivity index (χ1n) is 11.8. The SMILES string of the molecule is C=CCn1c(SCC(=O)Nc2sc3c(c2C(=O)OCC)CCC(C)C3)nnc1-c1csc(CC)c1. The van der Waals surface area contributed by atoms with E-state index in [4.69, 9.17) is 4.74 Å². The highest BCUT2D eigenvalue weighted by Crippen LogP contribution is 2.40. The highest BCUT2D eigenvalue weighted by Gasteiger charge is 2.29. The summed E-state index contributed by atoms with van der Waals surface area (Å²) in [6.07, 6.45) is 5.56. The number of hydrogen-bond acceptors (Lipinski definition) is 8. The highest BCUT2D eigenvalue weighted by molar-refractivity contribution is 7.99. The van der Waals surface area contributed by atoms with E-state index in [1.807, 2.05) is 4.57 Å². The lowest BCUT2D eigenvalue weighted by molar-refractivity contribution is -0.113. The van der Waals surface area contributed by atoms with Crippen LogP contribution in [0.25, 0.3) is 11.4 Å². The Morgan fingerprint density at radius 1 is 1.37 bits per heavy atom. The molecular formula is C25H30N4O3S3. The van der Waals surface area contributed by atoms with Crippen LogP contribution in [0.3, 0.4) is 0 Å². The van der Waals surface area contributed by atoms with E-state index in [-0.39, 0.29) is 17.6 Å². The lowest BCUT2D eigenvalue weighted by Crippen LogP contribution is -2.18. The quantitative estimate of drug-likeness (QED) is 0.201. The van der Waals surface area contributed by atoms with Gasteiger partial charge in [0, 0.05) is 27.2 Å². The predicted molar refractivity (Wildman–Crippen MR) is 144 cm³/mol. The molecule has 1 aliphatic rings. The van der Waals surface area contributed by atoms with Crippen LogP contribution >= 0.6 is 34.4 Å². The summed E-state index contributed by atoms with van der Waals surface area (Å²) in [7, 11) is 0. The van der Waals surface area contributed by atoms with Crippen molar-refractivity contribution in [2.24, 2.45) is 5.92 Å². The Hall–Kier alpha value is -2.43. The molecule has 3 aromatic rings. The number of thiophene rings is 2. The number of ether oxygens (including phenoxy) is 1. The van der Waals surface area contributed by atoms with Crippen molar-refractivity contribution < 1.29 is 14.3 Å². The number of carbonyl (C=O) groups is 2. The zero-order valence-corrected chi connectivity index (χ0v) is 22.7. The van der Waals surface area contributed by atoms with E-state index in [0.717, 1.165) is 42.6 Å². The summed E-state index contributed by atoms with van der Waals surface area (Å²) in [6.45, 7) is 10.8. The fourth-order valence-electron chi connectivity index (χ4n) is 4.14. The molecule has 0 bridgehead atoms. The van der Waals surface area contributed by atoms with Gasteiger partial charge in [-0.3, -0.25) is 9.36 Å². The van der Waals surface area contributed by atoms with Crippen LogP contribution in [0.2, 0.25) is 0 Å². The van der Waals surface area contributed by atoms with Crippen LogP contribution in [0.5, 0.6) is 0 Å². The number of aryl methyl sites for hydroxylation is 1. The molecule has 0 fully saturated rings. The normalized spacial score (nSPS) is 15.0. The summed E-state index contributed by atoms with van der Waals surface area (Å²) in [4.78, 5) is 28.1. The molecule has 1 aliphatic carbocycles. The Labute approximate surface area is 218 Å². The summed E-state index contributed by atoms with van der Waals surface area (Å²) < 4.78 is 7.28. The molecule has 1 N–H and O–H groups in total. The van der Waals surface area contributed by atoms with Crippen molar-refractivity contribution in [3.8, 4) is 11.4 Å². The van der Waals surface area contributed by atoms with Gasteiger partial charge >= 0.3 is 5.97 Å². The molecule has 4 rings (SSSR count). The number of hydrogen-bond donors (Lipinski definition) is 1. The van der Waals surface area contributed by atoms with E-state index in [0.29, 0.717) is 34.8 Å². The number of fused-ring (bicyclic) bond motifs is 1. The number of anilines is 1. The van der Waals surface area contributed by atoms with E-state index >= 15 is 0 Å². The van der Waals surface area contributed by atoms with E-state index in [1.54, 1.807) is 24.3 Å². The summed E-state index contributed by atoms with van der Waals surface area (Å²) in [6, 6.07) is 2.13. The molecule has 7 nitrogen and oxygen atoms in total. The molecule has 0 aliphatic heterocycles. The van der Waals surface area contributed by atoms with Crippen LogP contribution in [0.4, 0.5) is 5.00 Å². The molecule has 1 unspecified atom stereocenters. The van der Waals surface area contributed by atoms with Gasteiger partial charge in [0.25, 0.3) is 0 Å². The number of aromatic nitrogens is 3. The second-order valence-electron chi connectivity index (χ2n) is 8.47. The van der Waals surface area contributed by atoms with Gasteiger partial charge in [-0.15, -0.1) is 39.4 Å². The Morgan fingerprint density at radius 2 is 2.20 bits per heavy atom. The molecular weight excluding hydrogens is 501 g/mol. The Kier molecular flexibility index (Phi) is 8.46. The number of rotatable bonds is 10. The second kappa shape index (κ2) is 11.5. The van der Waals surface area contributed by atoms with Crippen LogP contribution < -0.4 is 5.32 Å². The third kappa shape index (κ3) is 5.70. The van der Waals surface area contributed by atoms with Crippen molar-refractivity contribution in [1.29, 1.82) is 0 Å². The minimum atomic E-state index is -0.361. The van der Waals surface area contributed by atoms with Gasteiger partial charge < -0.3 is 10.1 Å². The van der Waals surface area contributed by atoms with Gasteiger partial charge in [-0.05, 0) is 50.2 Å². The summed E-state index contributed by atoms with van der Waals surface area (Å²) in [5.41, 5.74) is 2.58. The molecule has 1 atom stereocenters. The number of amides is 1. The predicted octanol–water partition coefficient (Wildman–Crippen LogP) is 5.85. The minimum absolute atomic E-state index is 0.153. The van der Waals surface area contributed by atoms with Gasteiger partial charge in [0.15, 0.2) is 11.0 Å². The summed E-state index contributed by atoms with van der Waals surface area (Å²) in [5, 5.41) is 15.0. The van der Waals surface area contributed by atoms with E-state index < -0.39 is 0 Å². The zero-order chi connectivity index (χ0) is 24.9. The summed E-state index contributed by atoms with van der Waals surface area (Å²) >= 11 is 4.53. The zero-order valence-electron chi connectivity index (χ0n) is 20.3. The van der Waals surface area contributed by atoms with E-state index in [2.05, 4.69) is 47.4 Å². The van der Waals surface area contributed by atoms with Crippen molar-refractivity contribution in [3.63, 3.8) is 0 Å². The second-order valence-corrected chi connectivity index (χ2v) is 11.5. The maximum Gasteiger partial charge on any atom is 0.341 e. The number of thioether (sulfide) groups is 1. The number of allylic oxidation sites excluding steroid dienone is 1. The van der Waals surface area contributed by atoms with Gasteiger partial charge in [-0.2, -0.15) is 0 Å². The molecule has 0 saturated carbocycles. The largest absolute Gasteiger partial charge is 0.462 e. The van der Waals surface area contributed by atoms with Crippen LogP contribution in [-0.2, 0) is 35.3 Å². The van der Waals surface area contributed by atoms with E-state index in [1.165, 1.54) is 32.9 Å². The fraction of sp³-hybridized carbons (Fsp3) is 0.440. The van der Waals surface area contributed by atoms with Crippen LogP contribution in [-0.4, -0.2) is 39.0 Å². The smallest absolute Gasteiger partial charge is 0.341 e. The maximum absolute atomic E-state index is 12.9.